The third-order valence-electron chi connectivity index (χ3n) is 0.547. The fourth-order valence-electron chi connectivity index (χ4n) is 0.187. The van der Waals surface area contributed by atoms with E-state index < -0.39 is 0 Å². The van der Waals surface area contributed by atoms with Crippen LogP contribution in [0.4, 0.5) is 0 Å². The van der Waals surface area contributed by atoms with Crippen molar-refractivity contribution in [2.75, 3.05) is 6.61 Å². The van der Waals surface area contributed by atoms with E-state index in [4.69, 9.17) is 10.2 Å². The molecule has 0 spiro atoms. The second kappa shape index (κ2) is 3.19. The molecule has 0 fully saturated rings. The smallest absolute Gasteiger partial charge is 0.138 e. The number of aliphatic hydroxyl groups is 2. The van der Waals surface area contributed by atoms with Gasteiger partial charge in [0.2, 0.25) is 0 Å². The summed E-state index contributed by atoms with van der Waals surface area (Å²) in [7, 11) is 1.65. The summed E-state index contributed by atoms with van der Waals surface area (Å²) in [6.07, 6.45) is 0.486. The first-order valence-electron chi connectivity index (χ1n) is 2.06. The summed E-state index contributed by atoms with van der Waals surface area (Å²) in [4.78, 5) is 0. The summed E-state index contributed by atoms with van der Waals surface area (Å²) in [6, 6.07) is -0.352. The molecule has 2 N–H and O–H groups in total. The fraction of sp³-hybridized carbons (Fsp3) is 1.00. The van der Waals surface area contributed by atoms with Crippen molar-refractivity contribution in [1.29, 1.82) is 0 Å². The molecule has 0 saturated carbocycles. The predicted molar refractivity (Wildman–Crippen MR) is 26.3 cm³/mol. The van der Waals surface area contributed by atoms with Crippen molar-refractivity contribution >= 4 is 7.85 Å². The van der Waals surface area contributed by atoms with E-state index in [9.17, 15) is 0 Å². The van der Waals surface area contributed by atoms with Crippen molar-refractivity contribution in [3.05, 3.63) is 0 Å². The van der Waals surface area contributed by atoms with E-state index in [0.717, 1.165) is 0 Å². The Hall–Kier alpha value is -0.0151. The van der Waals surface area contributed by atoms with Crippen LogP contribution < -0.4 is 0 Å². The van der Waals surface area contributed by atoms with Gasteiger partial charge in [-0.25, -0.2) is 0 Å². The van der Waals surface area contributed by atoms with Crippen molar-refractivity contribution in [3.8, 4) is 0 Å². The van der Waals surface area contributed by atoms with Crippen molar-refractivity contribution in [2.24, 2.45) is 0 Å². The Labute approximate surface area is 38.2 Å². The molecule has 36 valence electrons. The van der Waals surface area contributed by atoms with E-state index in [1.807, 2.05) is 0 Å². The van der Waals surface area contributed by atoms with Gasteiger partial charge >= 0.3 is 0 Å². The van der Waals surface area contributed by atoms with Crippen LogP contribution in [0.25, 0.3) is 0 Å². The van der Waals surface area contributed by atoms with Gasteiger partial charge in [-0.3, -0.25) is 0 Å². The zero-order valence-electron chi connectivity index (χ0n) is 3.89. The standard InChI is InChI=1S/C3H9BO2/c4-3(6)1-2-5/h3,5-6H,1-2,4H2. The van der Waals surface area contributed by atoms with Gasteiger partial charge in [-0.1, -0.05) is 0 Å². The lowest BCUT2D eigenvalue weighted by atomic mass is 9.98. The van der Waals surface area contributed by atoms with Crippen LogP contribution in [-0.4, -0.2) is 30.7 Å². The van der Waals surface area contributed by atoms with Gasteiger partial charge in [-0.15, -0.1) is 0 Å². The van der Waals surface area contributed by atoms with Gasteiger partial charge in [0.1, 0.15) is 7.85 Å². The minimum atomic E-state index is -0.352. The first kappa shape index (κ1) is 5.98. The van der Waals surface area contributed by atoms with Gasteiger partial charge in [0.25, 0.3) is 0 Å². The van der Waals surface area contributed by atoms with Crippen LogP contribution in [0.3, 0.4) is 0 Å². The minimum absolute atomic E-state index is 0.0810. The molecule has 0 aromatic rings. The van der Waals surface area contributed by atoms with Crippen LogP contribution >= 0.6 is 0 Å². The summed E-state index contributed by atoms with van der Waals surface area (Å²) >= 11 is 0. The Bertz CT molecular complexity index is 30.0. The molecule has 0 aromatic carbocycles. The molecule has 0 radical (unpaired) electrons. The highest BCUT2D eigenvalue weighted by molar-refractivity contribution is 6.10. The van der Waals surface area contributed by atoms with Gasteiger partial charge in [0.05, 0.1) is 0 Å². The molecule has 2 nitrogen and oxygen atoms in total. The largest absolute Gasteiger partial charge is 0.402 e. The first-order valence-corrected chi connectivity index (χ1v) is 2.06. The molecule has 0 aromatic heterocycles. The zero-order valence-corrected chi connectivity index (χ0v) is 3.89. The van der Waals surface area contributed by atoms with E-state index in [2.05, 4.69) is 0 Å². The van der Waals surface area contributed by atoms with Gasteiger partial charge in [-0.05, 0) is 6.42 Å². The lowest BCUT2D eigenvalue weighted by molar-refractivity contribution is 0.193. The highest BCUT2D eigenvalue weighted by Crippen LogP contribution is 1.78. The van der Waals surface area contributed by atoms with E-state index >= 15 is 0 Å². The molecular weight excluding hydrogens is 78.8 g/mol. The van der Waals surface area contributed by atoms with Gasteiger partial charge in [-0.2, -0.15) is 0 Å². The number of rotatable bonds is 2. The van der Waals surface area contributed by atoms with E-state index in [-0.39, 0.29) is 12.6 Å². The predicted octanol–water partition coefficient (Wildman–Crippen LogP) is -1.68. The highest BCUT2D eigenvalue weighted by Gasteiger charge is 1.88. The van der Waals surface area contributed by atoms with Crippen LogP contribution in [0.1, 0.15) is 6.42 Å². The molecule has 1 unspecified atom stereocenters. The summed E-state index contributed by atoms with van der Waals surface area (Å²) in [5, 5.41) is 16.5. The molecule has 0 saturated heterocycles. The Balaban J connectivity index is 2.63. The molecular formula is C3H9BO2. The van der Waals surface area contributed by atoms with Gasteiger partial charge in [0.15, 0.2) is 0 Å². The Kier molecular flexibility index (Phi) is 3.18. The number of hydrogen-bond donors (Lipinski definition) is 2. The highest BCUT2D eigenvalue weighted by atomic mass is 16.3. The molecule has 0 aliphatic rings. The summed E-state index contributed by atoms with van der Waals surface area (Å²) in [6.45, 7) is 0.0810. The van der Waals surface area contributed by atoms with Crippen LogP contribution in [0, 0.1) is 0 Å². The average Bonchev–Trinajstić information content (AvgIpc) is 1.35. The third kappa shape index (κ3) is 3.98. The van der Waals surface area contributed by atoms with E-state index in [0.29, 0.717) is 6.42 Å². The lowest BCUT2D eigenvalue weighted by Gasteiger charge is -1.94. The van der Waals surface area contributed by atoms with Gasteiger partial charge < -0.3 is 10.2 Å². The molecule has 3 heteroatoms. The second-order valence-corrected chi connectivity index (χ2v) is 1.36. The molecule has 0 aliphatic carbocycles. The second-order valence-electron chi connectivity index (χ2n) is 1.36. The van der Waals surface area contributed by atoms with Gasteiger partial charge in [0, 0.05) is 12.6 Å². The average molecular weight is 87.9 g/mol. The molecule has 0 bridgehead atoms. The topological polar surface area (TPSA) is 40.5 Å². The summed E-state index contributed by atoms with van der Waals surface area (Å²) in [5.74, 6) is 0. The normalized spacial score (nSPS) is 14.3. The van der Waals surface area contributed by atoms with E-state index in [1.165, 1.54) is 0 Å². The molecule has 1 atom stereocenters. The molecule has 0 heterocycles. The Morgan fingerprint density at radius 1 is 1.67 bits per heavy atom. The fourth-order valence-corrected chi connectivity index (χ4v) is 0.187. The minimum Gasteiger partial charge on any atom is -0.402 e. The maximum Gasteiger partial charge on any atom is 0.138 e. The molecule has 6 heavy (non-hydrogen) atoms. The van der Waals surface area contributed by atoms with Crippen LogP contribution in [-0.2, 0) is 0 Å². The lowest BCUT2D eigenvalue weighted by Crippen LogP contribution is -2.06. The molecule has 0 amide bonds. The third-order valence-corrected chi connectivity index (χ3v) is 0.547. The molecule has 0 rings (SSSR count). The maximum absolute atomic E-state index is 8.39. The Morgan fingerprint density at radius 2 is 2.17 bits per heavy atom. The Morgan fingerprint density at radius 3 is 2.17 bits per heavy atom. The SMILES string of the molecule is BC(O)CCO. The quantitative estimate of drug-likeness (QED) is 0.396. The number of hydrogen-bond acceptors (Lipinski definition) is 2. The van der Waals surface area contributed by atoms with Crippen molar-refractivity contribution in [1.82, 2.24) is 0 Å². The van der Waals surface area contributed by atoms with Crippen LogP contribution in [0.2, 0.25) is 0 Å². The van der Waals surface area contributed by atoms with Crippen molar-refractivity contribution in [2.45, 2.75) is 12.4 Å². The summed E-state index contributed by atoms with van der Waals surface area (Å²) in [5.41, 5.74) is 0. The monoisotopic (exact) mass is 88.1 g/mol. The van der Waals surface area contributed by atoms with E-state index in [1.54, 1.807) is 7.85 Å². The molecule has 0 aliphatic heterocycles. The number of aliphatic hydroxyl groups excluding tert-OH is 2. The summed E-state index contributed by atoms with van der Waals surface area (Å²) < 4.78 is 0. The van der Waals surface area contributed by atoms with Crippen LogP contribution in [0.5, 0.6) is 0 Å². The zero-order chi connectivity index (χ0) is 4.99. The first-order chi connectivity index (χ1) is 2.77. The van der Waals surface area contributed by atoms with Crippen LogP contribution in [0.15, 0.2) is 0 Å². The van der Waals surface area contributed by atoms with Crippen molar-refractivity contribution in [3.63, 3.8) is 0 Å². The van der Waals surface area contributed by atoms with Crippen molar-refractivity contribution < 1.29 is 10.2 Å². The maximum atomic E-state index is 8.39.